The fraction of sp³-hybridized carbons (Fsp3) is 0.619. The number of hydrogen-bond donors (Lipinski definition) is 2. The van der Waals surface area contributed by atoms with Gasteiger partial charge in [-0.05, 0) is 6.42 Å². The van der Waals surface area contributed by atoms with E-state index in [4.69, 9.17) is 0 Å². The molecule has 2 rings (SSSR count). The van der Waals surface area contributed by atoms with Gasteiger partial charge in [-0.25, -0.2) is 4.79 Å². The van der Waals surface area contributed by atoms with Crippen LogP contribution in [0, 0.1) is 11.8 Å². The first-order valence-corrected chi connectivity index (χ1v) is 9.82. The number of nitrogens with zero attached hydrogens (tertiary/aromatic N) is 1. The standard InChI is InChI=1S/C21H30N2O3/c1-2-3-4-5-6-7-8-9-10-11-12-17-16-23(21(26)22-20(17)25)18-13-14-19(24)15-18/h13-14,16,18-19,24H,2-10,15H2,1H3,(H,22,25,26). The van der Waals surface area contributed by atoms with Crippen LogP contribution in [0.5, 0.6) is 0 Å². The van der Waals surface area contributed by atoms with Crippen molar-refractivity contribution in [1.29, 1.82) is 0 Å². The second kappa shape index (κ2) is 10.8. The van der Waals surface area contributed by atoms with E-state index < -0.39 is 17.4 Å². The molecule has 0 radical (unpaired) electrons. The third-order valence-electron chi connectivity index (χ3n) is 4.74. The third kappa shape index (κ3) is 6.34. The number of hydrogen-bond acceptors (Lipinski definition) is 3. The maximum absolute atomic E-state index is 12.0. The highest BCUT2D eigenvalue weighted by atomic mass is 16.3. The topological polar surface area (TPSA) is 75.1 Å². The zero-order valence-corrected chi connectivity index (χ0v) is 15.7. The Hall–Kier alpha value is -2.06. The van der Waals surface area contributed by atoms with Crippen LogP contribution >= 0.6 is 0 Å². The molecule has 2 N–H and O–H groups in total. The number of unbranched alkanes of at least 4 members (excludes halogenated alkanes) is 8. The summed E-state index contributed by atoms with van der Waals surface area (Å²) < 4.78 is 1.44. The van der Waals surface area contributed by atoms with Crippen molar-refractivity contribution < 1.29 is 5.11 Å². The lowest BCUT2D eigenvalue weighted by atomic mass is 10.1. The van der Waals surface area contributed by atoms with Gasteiger partial charge in [0.1, 0.15) is 5.56 Å². The Morgan fingerprint density at radius 2 is 1.81 bits per heavy atom. The summed E-state index contributed by atoms with van der Waals surface area (Å²) >= 11 is 0. The highest BCUT2D eigenvalue weighted by Gasteiger charge is 2.19. The largest absolute Gasteiger partial charge is 0.389 e. The van der Waals surface area contributed by atoms with Crippen LogP contribution < -0.4 is 11.2 Å². The van der Waals surface area contributed by atoms with Crippen LogP contribution in [0.25, 0.3) is 0 Å². The Morgan fingerprint density at radius 1 is 1.12 bits per heavy atom. The molecule has 0 spiro atoms. The van der Waals surface area contributed by atoms with Gasteiger partial charge in [-0.2, -0.15) is 0 Å². The molecule has 0 bridgehead atoms. The zero-order valence-electron chi connectivity index (χ0n) is 15.7. The maximum Gasteiger partial charge on any atom is 0.328 e. The van der Waals surface area contributed by atoms with E-state index in [0.29, 0.717) is 12.0 Å². The van der Waals surface area contributed by atoms with Gasteiger partial charge in [0.15, 0.2) is 0 Å². The van der Waals surface area contributed by atoms with Crippen molar-refractivity contribution in [1.82, 2.24) is 9.55 Å². The summed E-state index contributed by atoms with van der Waals surface area (Å²) in [6, 6.07) is -0.234. The number of allylic oxidation sites excluding steroid dienone is 1. The van der Waals surface area contributed by atoms with Gasteiger partial charge >= 0.3 is 5.69 Å². The predicted molar refractivity (Wildman–Crippen MR) is 104 cm³/mol. The monoisotopic (exact) mass is 358 g/mol. The van der Waals surface area contributed by atoms with E-state index in [1.807, 2.05) is 0 Å². The van der Waals surface area contributed by atoms with E-state index in [9.17, 15) is 14.7 Å². The molecule has 1 aliphatic rings. The Labute approximate surface area is 155 Å². The molecule has 0 aliphatic heterocycles. The fourth-order valence-electron chi connectivity index (χ4n) is 3.19. The average molecular weight is 358 g/mol. The van der Waals surface area contributed by atoms with Gasteiger partial charge in [0.2, 0.25) is 0 Å². The van der Waals surface area contributed by atoms with Crippen LogP contribution in [0.15, 0.2) is 27.9 Å². The Morgan fingerprint density at radius 3 is 2.46 bits per heavy atom. The number of aromatic amines is 1. The summed E-state index contributed by atoms with van der Waals surface area (Å²) in [6.07, 6.45) is 15.6. The van der Waals surface area contributed by atoms with Crippen molar-refractivity contribution in [3.63, 3.8) is 0 Å². The summed E-state index contributed by atoms with van der Waals surface area (Å²) in [5.74, 6) is 5.94. The zero-order chi connectivity index (χ0) is 18.8. The van der Waals surface area contributed by atoms with E-state index in [-0.39, 0.29) is 6.04 Å². The molecule has 1 heterocycles. The van der Waals surface area contributed by atoms with Gasteiger partial charge in [0.05, 0.1) is 12.1 Å². The first-order chi connectivity index (χ1) is 12.6. The summed E-state index contributed by atoms with van der Waals surface area (Å²) in [5, 5.41) is 9.58. The molecule has 1 aliphatic carbocycles. The quantitative estimate of drug-likeness (QED) is 0.404. The Kier molecular flexibility index (Phi) is 8.43. The Bertz CT molecular complexity index is 764. The van der Waals surface area contributed by atoms with Gasteiger partial charge in [-0.1, -0.05) is 75.9 Å². The molecule has 0 aromatic carbocycles. The van der Waals surface area contributed by atoms with Crippen LogP contribution in [-0.4, -0.2) is 20.8 Å². The van der Waals surface area contributed by atoms with E-state index in [1.54, 1.807) is 12.2 Å². The van der Waals surface area contributed by atoms with Crippen LogP contribution in [-0.2, 0) is 0 Å². The van der Waals surface area contributed by atoms with Crippen LogP contribution in [0.1, 0.15) is 82.7 Å². The minimum absolute atomic E-state index is 0.234. The predicted octanol–water partition coefficient (Wildman–Crippen LogP) is 3.28. The maximum atomic E-state index is 12.0. The Balaban J connectivity index is 1.83. The first kappa shape index (κ1) is 20.3. The highest BCUT2D eigenvalue weighted by Crippen LogP contribution is 2.21. The van der Waals surface area contributed by atoms with Crippen molar-refractivity contribution >= 4 is 0 Å². The van der Waals surface area contributed by atoms with Crippen molar-refractivity contribution in [2.45, 2.75) is 83.3 Å². The molecule has 2 atom stereocenters. The number of H-pyrrole nitrogens is 1. The van der Waals surface area contributed by atoms with Crippen molar-refractivity contribution in [2.75, 3.05) is 0 Å². The van der Waals surface area contributed by atoms with Gasteiger partial charge in [0, 0.05) is 19.0 Å². The molecular weight excluding hydrogens is 328 g/mol. The number of aliphatic hydroxyl groups is 1. The SMILES string of the molecule is CCCCCCCCCCC#Cc1cn(C2C=CC(O)C2)c(=O)[nH]c1=O. The van der Waals surface area contributed by atoms with E-state index in [0.717, 1.165) is 12.8 Å². The van der Waals surface area contributed by atoms with Crippen molar-refractivity contribution in [2.24, 2.45) is 0 Å². The van der Waals surface area contributed by atoms with E-state index in [2.05, 4.69) is 23.7 Å². The average Bonchev–Trinajstić information content (AvgIpc) is 3.04. The van der Waals surface area contributed by atoms with E-state index in [1.165, 1.54) is 55.7 Å². The normalized spacial score (nSPS) is 18.7. The summed E-state index contributed by atoms with van der Waals surface area (Å²) in [5.41, 5.74) is -0.608. The number of aromatic nitrogens is 2. The fourth-order valence-corrected chi connectivity index (χ4v) is 3.19. The molecule has 5 heteroatoms. The molecule has 1 aromatic rings. The molecule has 0 fully saturated rings. The minimum Gasteiger partial charge on any atom is -0.389 e. The molecule has 1 aromatic heterocycles. The van der Waals surface area contributed by atoms with Crippen LogP contribution in [0.2, 0.25) is 0 Å². The molecule has 0 saturated carbocycles. The summed E-state index contributed by atoms with van der Waals surface area (Å²) in [6.45, 7) is 2.23. The van der Waals surface area contributed by atoms with Gasteiger partial charge in [-0.3, -0.25) is 14.3 Å². The third-order valence-corrected chi connectivity index (χ3v) is 4.74. The van der Waals surface area contributed by atoms with Gasteiger partial charge < -0.3 is 5.11 Å². The summed E-state index contributed by atoms with van der Waals surface area (Å²) in [7, 11) is 0. The van der Waals surface area contributed by atoms with Crippen LogP contribution in [0.3, 0.4) is 0 Å². The molecule has 142 valence electrons. The molecular formula is C21H30N2O3. The number of nitrogens with one attached hydrogen (secondary N) is 1. The lowest BCUT2D eigenvalue weighted by Gasteiger charge is -2.12. The van der Waals surface area contributed by atoms with Crippen molar-refractivity contribution in [3.05, 3.63) is 44.8 Å². The highest BCUT2D eigenvalue weighted by molar-refractivity contribution is 5.30. The number of rotatable bonds is 9. The molecule has 2 unspecified atom stereocenters. The molecule has 0 amide bonds. The van der Waals surface area contributed by atoms with Gasteiger partial charge in [0.25, 0.3) is 5.56 Å². The van der Waals surface area contributed by atoms with Crippen LogP contribution in [0.4, 0.5) is 0 Å². The molecule has 5 nitrogen and oxygen atoms in total. The first-order valence-electron chi connectivity index (χ1n) is 9.82. The second-order valence-corrected chi connectivity index (χ2v) is 6.99. The number of aliphatic hydroxyl groups excluding tert-OH is 1. The lowest BCUT2D eigenvalue weighted by molar-refractivity contribution is 0.209. The summed E-state index contributed by atoms with van der Waals surface area (Å²) in [4.78, 5) is 26.2. The minimum atomic E-state index is -0.546. The van der Waals surface area contributed by atoms with E-state index >= 15 is 0 Å². The smallest absolute Gasteiger partial charge is 0.328 e. The van der Waals surface area contributed by atoms with Crippen molar-refractivity contribution in [3.8, 4) is 11.8 Å². The molecule has 0 saturated heterocycles. The molecule has 26 heavy (non-hydrogen) atoms. The second-order valence-electron chi connectivity index (χ2n) is 6.99. The van der Waals surface area contributed by atoms with Gasteiger partial charge in [-0.15, -0.1) is 0 Å². The lowest BCUT2D eigenvalue weighted by Crippen LogP contribution is -2.33.